The van der Waals surface area contributed by atoms with E-state index in [9.17, 15) is 8.42 Å². The van der Waals surface area contributed by atoms with Gasteiger partial charge in [-0.05, 0) is 26.1 Å². The minimum absolute atomic E-state index is 0.0177. The van der Waals surface area contributed by atoms with E-state index in [-0.39, 0.29) is 5.09 Å². The largest absolute Gasteiger partial charge is 0.447 e. The summed E-state index contributed by atoms with van der Waals surface area (Å²) >= 11 is 0. The lowest BCUT2D eigenvalue weighted by Crippen LogP contribution is -2.32. The molecule has 0 bridgehead atoms. The van der Waals surface area contributed by atoms with Gasteiger partial charge in [-0.1, -0.05) is 19.1 Å². The summed E-state index contributed by atoms with van der Waals surface area (Å²) in [7, 11) is -1.79. The van der Waals surface area contributed by atoms with Crippen LogP contribution in [0.25, 0.3) is 0 Å². The van der Waals surface area contributed by atoms with Crippen LogP contribution in [-0.2, 0) is 16.6 Å². The standard InChI is InChI=1S/C12H20N2O3S/c1-5-14(9-10(2)3)18(15,16)12-7-6-11(17-12)8-13-4/h6-7,13H,2,5,8-9H2,1,3-4H3. The van der Waals surface area contributed by atoms with Gasteiger partial charge in [-0.2, -0.15) is 4.31 Å². The molecule has 0 radical (unpaired) electrons. The van der Waals surface area contributed by atoms with E-state index in [0.717, 1.165) is 5.57 Å². The molecule has 1 rings (SSSR count). The topological polar surface area (TPSA) is 62.6 Å². The maximum absolute atomic E-state index is 12.3. The molecule has 1 aromatic heterocycles. The summed E-state index contributed by atoms with van der Waals surface area (Å²) in [5, 5.41) is 2.89. The highest BCUT2D eigenvalue weighted by molar-refractivity contribution is 7.89. The number of hydrogen-bond donors (Lipinski definition) is 1. The molecule has 0 aliphatic heterocycles. The van der Waals surface area contributed by atoms with Crippen molar-refractivity contribution in [2.45, 2.75) is 25.5 Å². The maximum Gasteiger partial charge on any atom is 0.276 e. The molecule has 0 fully saturated rings. The summed E-state index contributed by atoms with van der Waals surface area (Å²) in [6.45, 7) is 8.52. The Morgan fingerprint density at radius 2 is 2.17 bits per heavy atom. The molecule has 18 heavy (non-hydrogen) atoms. The van der Waals surface area contributed by atoms with Crippen molar-refractivity contribution in [1.29, 1.82) is 0 Å². The van der Waals surface area contributed by atoms with E-state index in [1.807, 2.05) is 0 Å². The molecule has 102 valence electrons. The molecule has 0 atom stereocenters. The van der Waals surface area contributed by atoms with Crippen molar-refractivity contribution in [1.82, 2.24) is 9.62 Å². The number of sulfonamides is 1. The maximum atomic E-state index is 12.3. The Balaban J connectivity index is 2.99. The van der Waals surface area contributed by atoms with Crippen LogP contribution in [0.1, 0.15) is 19.6 Å². The van der Waals surface area contributed by atoms with Crippen molar-refractivity contribution in [2.75, 3.05) is 20.1 Å². The number of rotatable bonds is 7. The summed E-state index contributed by atoms with van der Waals surface area (Å²) < 4.78 is 31.3. The van der Waals surface area contributed by atoms with Gasteiger partial charge >= 0.3 is 0 Å². The van der Waals surface area contributed by atoms with Crippen molar-refractivity contribution in [3.05, 3.63) is 30.0 Å². The van der Waals surface area contributed by atoms with Gasteiger partial charge in [-0.15, -0.1) is 0 Å². The Morgan fingerprint density at radius 1 is 1.50 bits per heavy atom. The summed E-state index contributed by atoms with van der Waals surface area (Å²) in [6, 6.07) is 3.15. The molecule has 0 aromatic carbocycles. The fraction of sp³-hybridized carbons (Fsp3) is 0.500. The number of likely N-dealkylation sites (N-methyl/N-ethyl adjacent to an activating group) is 1. The highest BCUT2D eigenvalue weighted by Gasteiger charge is 2.26. The van der Waals surface area contributed by atoms with E-state index in [1.165, 1.54) is 10.4 Å². The fourth-order valence-corrected chi connectivity index (χ4v) is 3.00. The SMILES string of the molecule is C=C(C)CN(CC)S(=O)(=O)c1ccc(CNC)o1. The zero-order chi connectivity index (χ0) is 13.8. The average Bonchev–Trinajstić information content (AvgIpc) is 2.75. The second-order valence-electron chi connectivity index (χ2n) is 4.14. The Labute approximate surface area is 109 Å². The first-order valence-corrected chi connectivity index (χ1v) is 7.23. The van der Waals surface area contributed by atoms with Gasteiger partial charge in [0.2, 0.25) is 5.09 Å². The van der Waals surface area contributed by atoms with Gasteiger partial charge in [-0.25, -0.2) is 8.42 Å². The lowest BCUT2D eigenvalue weighted by atomic mass is 10.3. The average molecular weight is 272 g/mol. The molecule has 0 saturated carbocycles. The molecule has 6 heteroatoms. The van der Waals surface area contributed by atoms with E-state index >= 15 is 0 Å². The van der Waals surface area contributed by atoms with Crippen LogP contribution in [0.3, 0.4) is 0 Å². The number of nitrogens with zero attached hydrogens (tertiary/aromatic N) is 1. The predicted octanol–water partition coefficient (Wildman–Crippen LogP) is 1.59. The molecule has 0 aliphatic carbocycles. The first kappa shape index (κ1) is 14.9. The van der Waals surface area contributed by atoms with Gasteiger partial charge in [0.1, 0.15) is 5.76 Å². The molecule has 5 nitrogen and oxygen atoms in total. The van der Waals surface area contributed by atoms with Crippen molar-refractivity contribution in [2.24, 2.45) is 0 Å². The summed E-state index contributed by atoms with van der Waals surface area (Å²) in [5.41, 5.74) is 0.794. The fourth-order valence-electron chi connectivity index (χ4n) is 1.56. The molecular weight excluding hydrogens is 252 g/mol. The number of furan rings is 1. The van der Waals surface area contributed by atoms with Crippen LogP contribution in [0, 0.1) is 0 Å². The Bertz CT molecular complexity index is 505. The minimum atomic E-state index is -3.57. The molecule has 1 N–H and O–H groups in total. The monoisotopic (exact) mass is 272 g/mol. The third-order valence-electron chi connectivity index (χ3n) is 2.38. The third-order valence-corrected chi connectivity index (χ3v) is 4.18. The highest BCUT2D eigenvalue weighted by Crippen LogP contribution is 2.19. The second-order valence-corrected chi connectivity index (χ2v) is 6.01. The summed E-state index contributed by atoms with van der Waals surface area (Å²) in [4.78, 5) is 0. The van der Waals surface area contributed by atoms with Gasteiger partial charge in [0.15, 0.2) is 0 Å². The van der Waals surface area contributed by atoms with E-state index in [0.29, 0.717) is 25.4 Å². The smallest absolute Gasteiger partial charge is 0.276 e. The van der Waals surface area contributed by atoms with Crippen molar-refractivity contribution in [3.8, 4) is 0 Å². The summed E-state index contributed by atoms with van der Waals surface area (Å²) in [5.74, 6) is 0.599. The number of hydrogen-bond acceptors (Lipinski definition) is 4. The Kier molecular flexibility index (Phi) is 5.13. The highest BCUT2D eigenvalue weighted by atomic mass is 32.2. The molecule has 1 heterocycles. The first-order chi connectivity index (χ1) is 8.41. The molecule has 0 aliphatic rings. The number of nitrogens with one attached hydrogen (secondary N) is 1. The van der Waals surface area contributed by atoms with Gasteiger partial charge in [0.25, 0.3) is 10.0 Å². The lowest BCUT2D eigenvalue weighted by Gasteiger charge is -2.18. The van der Waals surface area contributed by atoms with Crippen molar-refractivity contribution in [3.63, 3.8) is 0 Å². The lowest BCUT2D eigenvalue weighted by molar-refractivity contribution is 0.378. The third kappa shape index (κ3) is 3.44. The normalized spacial score (nSPS) is 12.0. The molecule has 0 saturated heterocycles. The van der Waals surface area contributed by atoms with Gasteiger partial charge < -0.3 is 9.73 Å². The Morgan fingerprint density at radius 3 is 2.67 bits per heavy atom. The zero-order valence-electron chi connectivity index (χ0n) is 11.1. The van der Waals surface area contributed by atoms with Gasteiger partial charge in [0, 0.05) is 13.1 Å². The molecule has 1 aromatic rings. The van der Waals surface area contributed by atoms with Gasteiger partial charge in [-0.3, -0.25) is 0 Å². The van der Waals surface area contributed by atoms with E-state index in [4.69, 9.17) is 4.42 Å². The van der Waals surface area contributed by atoms with E-state index in [1.54, 1.807) is 27.0 Å². The van der Waals surface area contributed by atoms with E-state index in [2.05, 4.69) is 11.9 Å². The quantitative estimate of drug-likeness (QED) is 0.766. The second kappa shape index (κ2) is 6.17. The first-order valence-electron chi connectivity index (χ1n) is 5.79. The van der Waals surface area contributed by atoms with Gasteiger partial charge in [0.05, 0.1) is 6.54 Å². The van der Waals surface area contributed by atoms with Crippen LogP contribution in [0.5, 0.6) is 0 Å². The van der Waals surface area contributed by atoms with Crippen LogP contribution in [0.15, 0.2) is 33.8 Å². The van der Waals surface area contributed by atoms with Crippen LogP contribution >= 0.6 is 0 Å². The van der Waals surface area contributed by atoms with E-state index < -0.39 is 10.0 Å². The Hall–Kier alpha value is -1.11. The molecular formula is C12H20N2O3S. The molecule has 0 unspecified atom stereocenters. The molecule has 0 spiro atoms. The minimum Gasteiger partial charge on any atom is -0.447 e. The van der Waals surface area contributed by atoms with Crippen LogP contribution in [0.2, 0.25) is 0 Å². The van der Waals surface area contributed by atoms with Crippen LogP contribution in [0.4, 0.5) is 0 Å². The molecule has 0 amide bonds. The predicted molar refractivity (Wildman–Crippen MR) is 70.7 cm³/mol. The van der Waals surface area contributed by atoms with Crippen LogP contribution in [-0.4, -0.2) is 32.9 Å². The zero-order valence-corrected chi connectivity index (χ0v) is 11.9. The van der Waals surface area contributed by atoms with Crippen molar-refractivity contribution >= 4 is 10.0 Å². The summed E-state index contributed by atoms with van der Waals surface area (Å²) in [6.07, 6.45) is 0. The van der Waals surface area contributed by atoms with Crippen molar-refractivity contribution < 1.29 is 12.8 Å². The van der Waals surface area contributed by atoms with Crippen LogP contribution < -0.4 is 5.32 Å².